The second-order valence-corrected chi connectivity index (χ2v) is 6.82. The van der Waals surface area contributed by atoms with Crippen molar-refractivity contribution in [3.05, 3.63) is 54.2 Å². The molecule has 146 valence electrons. The van der Waals surface area contributed by atoms with Crippen LogP contribution in [0.1, 0.15) is 24.5 Å². The van der Waals surface area contributed by atoms with Gasteiger partial charge in [-0.05, 0) is 18.6 Å². The molecule has 0 aliphatic carbocycles. The minimum atomic E-state index is -0.701. The lowest BCUT2D eigenvalue weighted by Gasteiger charge is -2.33. The number of aromatic nitrogens is 1. The molecular weight excluding hydrogens is 358 g/mol. The van der Waals surface area contributed by atoms with Gasteiger partial charge in [0.25, 0.3) is 5.91 Å². The van der Waals surface area contributed by atoms with E-state index in [1.54, 1.807) is 17.2 Å². The quantitative estimate of drug-likeness (QED) is 0.794. The van der Waals surface area contributed by atoms with E-state index in [0.717, 1.165) is 5.56 Å². The molecule has 1 fully saturated rings. The van der Waals surface area contributed by atoms with Crippen LogP contribution in [0, 0.1) is 0 Å². The summed E-state index contributed by atoms with van der Waals surface area (Å²) in [6, 6.07) is 13.0. The molecule has 2 aliphatic heterocycles. The van der Waals surface area contributed by atoms with Crippen LogP contribution in [0.15, 0.2) is 48.7 Å². The highest BCUT2D eigenvalue weighted by Crippen LogP contribution is 2.37. The summed E-state index contributed by atoms with van der Waals surface area (Å²) < 4.78 is 11.2. The van der Waals surface area contributed by atoms with E-state index in [2.05, 4.69) is 4.98 Å². The number of hydrogen-bond acceptors (Lipinski definition) is 5. The largest absolute Gasteiger partial charge is 0.472 e. The van der Waals surface area contributed by atoms with Crippen molar-refractivity contribution in [1.82, 2.24) is 9.88 Å². The molecule has 3 heterocycles. The number of hydrogen-bond donors (Lipinski definition) is 0. The van der Waals surface area contributed by atoms with Gasteiger partial charge in [-0.15, -0.1) is 0 Å². The van der Waals surface area contributed by atoms with Crippen LogP contribution in [0.25, 0.3) is 0 Å². The standard InChI is InChI=1S/C21H23N3O4/c25-18(23-12-14-27-15-13-23)9-5-11-24-20-17(8-4-10-22-20)28-19(21(24)26)16-6-2-1-3-7-16/h1-4,6-8,10,19H,5,9,11-15H2/t19-/m1/s1. The van der Waals surface area contributed by atoms with Gasteiger partial charge in [-0.3, -0.25) is 14.5 Å². The summed E-state index contributed by atoms with van der Waals surface area (Å²) in [5.41, 5.74) is 0.802. The number of fused-ring (bicyclic) bond motifs is 1. The maximum absolute atomic E-state index is 13.1. The van der Waals surface area contributed by atoms with Crippen molar-refractivity contribution in [2.24, 2.45) is 0 Å². The number of pyridine rings is 1. The fourth-order valence-electron chi connectivity index (χ4n) is 3.51. The summed E-state index contributed by atoms with van der Waals surface area (Å²) in [6.07, 6.45) is 1.90. The molecule has 0 spiro atoms. The third kappa shape index (κ3) is 3.84. The monoisotopic (exact) mass is 381 g/mol. The molecule has 0 bridgehead atoms. The second-order valence-electron chi connectivity index (χ2n) is 6.82. The molecule has 7 nitrogen and oxygen atoms in total. The van der Waals surface area contributed by atoms with E-state index in [4.69, 9.17) is 9.47 Å². The summed E-state index contributed by atoms with van der Waals surface area (Å²) in [5.74, 6) is 1.04. The van der Waals surface area contributed by atoms with E-state index < -0.39 is 6.10 Å². The van der Waals surface area contributed by atoms with Crippen LogP contribution in [0.5, 0.6) is 5.75 Å². The van der Waals surface area contributed by atoms with Gasteiger partial charge < -0.3 is 14.4 Å². The van der Waals surface area contributed by atoms with Gasteiger partial charge in [0, 0.05) is 37.8 Å². The van der Waals surface area contributed by atoms with Crippen molar-refractivity contribution in [2.45, 2.75) is 18.9 Å². The van der Waals surface area contributed by atoms with Crippen LogP contribution in [0.3, 0.4) is 0 Å². The SMILES string of the molecule is O=C(CCCN1C(=O)[C@@H](c2ccccc2)Oc2cccnc21)N1CCOCC1. The Morgan fingerprint density at radius 3 is 2.68 bits per heavy atom. The number of carbonyl (C=O) groups is 2. The highest BCUT2D eigenvalue weighted by Gasteiger charge is 2.36. The van der Waals surface area contributed by atoms with Crippen molar-refractivity contribution in [2.75, 3.05) is 37.7 Å². The van der Waals surface area contributed by atoms with Gasteiger partial charge in [-0.2, -0.15) is 0 Å². The van der Waals surface area contributed by atoms with E-state index in [-0.39, 0.29) is 11.8 Å². The molecule has 4 rings (SSSR count). The van der Waals surface area contributed by atoms with Gasteiger partial charge in [0.1, 0.15) is 0 Å². The normalized spacial score (nSPS) is 19.1. The lowest BCUT2D eigenvalue weighted by Crippen LogP contribution is -2.43. The van der Waals surface area contributed by atoms with Crippen LogP contribution < -0.4 is 9.64 Å². The maximum atomic E-state index is 13.1. The molecule has 28 heavy (non-hydrogen) atoms. The first kappa shape index (κ1) is 18.4. The molecule has 0 radical (unpaired) electrons. The predicted molar refractivity (Wildman–Crippen MR) is 103 cm³/mol. The van der Waals surface area contributed by atoms with Gasteiger partial charge in [-0.1, -0.05) is 30.3 Å². The van der Waals surface area contributed by atoms with E-state index in [0.29, 0.717) is 57.3 Å². The Bertz CT molecular complexity index is 837. The third-order valence-electron chi connectivity index (χ3n) is 4.98. The van der Waals surface area contributed by atoms with Crippen LogP contribution in [-0.4, -0.2) is 54.5 Å². The number of nitrogens with zero attached hydrogens (tertiary/aromatic N) is 3. The Hall–Kier alpha value is -2.93. The number of morpholine rings is 1. The first-order valence-electron chi connectivity index (χ1n) is 9.57. The highest BCUT2D eigenvalue weighted by molar-refractivity contribution is 5.99. The molecule has 0 saturated carbocycles. The number of carbonyl (C=O) groups excluding carboxylic acids is 2. The summed E-state index contributed by atoms with van der Waals surface area (Å²) in [7, 11) is 0. The molecule has 0 unspecified atom stereocenters. The van der Waals surface area contributed by atoms with Crippen LogP contribution in [0.2, 0.25) is 0 Å². The zero-order valence-electron chi connectivity index (χ0n) is 15.6. The van der Waals surface area contributed by atoms with Crippen LogP contribution in [0.4, 0.5) is 5.82 Å². The lowest BCUT2D eigenvalue weighted by atomic mass is 10.1. The summed E-state index contributed by atoms with van der Waals surface area (Å²) in [4.78, 5) is 33.3. The Morgan fingerprint density at radius 1 is 1.11 bits per heavy atom. The average molecular weight is 381 g/mol. The minimum absolute atomic E-state index is 0.102. The molecular formula is C21H23N3O4. The first-order valence-corrected chi connectivity index (χ1v) is 9.57. The van der Waals surface area contributed by atoms with E-state index in [9.17, 15) is 9.59 Å². The zero-order chi connectivity index (χ0) is 19.3. The Morgan fingerprint density at radius 2 is 1.89 bits per heavy atom. The van der Waals surface area contributed by atoms with Gasteiger partial charge >= 0.3 is 0 Å². The molecule has 1 saturated heterocycles. The third-order valence-corrected chi connectivity index (χ3v) is 4.98. The fourth-order valence-corrected chi connectivity index (χ4v) is 3.51. The van der Waals surface area contributed by atoms with Crippen molar-refractivity contribution in [3.63, 3.8) is 0 Å². The molecule has 1 aromatic carbocycles. The number of amides is 2. The molecule has 1 atom stereocenters. The number of anilines is 1. The average Bonchev–Trinajstić information content (AvgIpc) is 2.76. The smallest absolute Gasteiger partial charge is 0.274 e. The van der Waals surface area contributed by atoms with E-state index >= 15 is 0 Å². The zero-order valence-corrected chi connectivity index (χ0v) is 15.6. The molecule has 2 aliphatic rings. The molecule has 1 aromatic heterocycles. The predicted octanol–water partition coefficient (Wildman–Crippen LogP) is 2.19. The van der Waals surface area contributed by atoms with E-state index in [1.807, 2.05) is 41.3 Å². The number of ether oxygens (including phenoxy) is 2. The topological polar surface area (TPSA) is 72.0 Å². The van der Waals surface area contributed by atoms with Crippen molar-refractivity contribution < 1.29 is 19.1 Å². The molecule has 2 amide bonds. The van der Waals surface area contributed by atoms with Gasteiger partial charge in [-0.25, -0.2) is 4.98 Å². The van der Waals surface area contributed by atoms with Crippen molar-refractivity contribution >= 4 is 17.6 Å². The Labute approximate surface area is 163 Å². The number of rotatable bonds is 5. The Kier molecular flexibility index (Phi) is 5.53. The van der Waals surface area contributed by atoms with Crippen LogP contribution in [-0.2, 0) is 14.3 Å². The highest BCUT2D eigenvalue weighted by atomic mass is 16.5. The molecule has 0 N–H and O–H groups in total. The van der Waals surface area contributed by atoms with Crippen LogP contribution >= 0.6 is 0 Å². The van der Waals surface area contributed by atoms with Gasteiger partial charge in [0.2, 0.25) is 12.0 Å². The van der Waals surface area contributed by atoms with Gasteiger partial charge in [0.05, 0.1) is 13.2 Å². The maximum Gasteiger partial charge on any atom is 0.274 e. The summed E-state index contributed by atoms with van der Waals surface area (Å²) in [6.45, 7) is 2.87. The summed E-state index contributed by atoms with van der Waals surface area (Å²) in [5, 5.41) is 0. The molecule has 2 aromatic rings. The fraction of sp³-hybridized carbons (Fsp3) is 0.381. The van der Waals surface area contributed by atoms with Gasteiger partial charge in [0.15, 0.2) is 11.6 Å². The minimum Gasteiger partial charge on any atom is -0.472 e. The number of benzene rings is 1. The summed E-state index contributed by atoms with van der Waals surface area (Å²) >= 11 is 0. The first-order chi connectivity index (χ1) is 13.7. The molecule has 7 heteroatoms. The second kappa shape index (κ2) is 8.39. The van der Waals surface area contributed by atoms with Crippen molar-refractivity contribution in [3.8, 4) is 5.75 Å². The van der Waals surface area contributed by atoms with E-state index in [1.165, 1.54) is 0 Å². The van der Waals surface area contributed by atoms with Crippen molar-refractivity contribution in [1.29, 1.82) is 0 Å². The lowest BCUT2D eigenvalue weighted by molar-refractivity contribution is -0.135. The Balaban J connectivity index is 1.46.